The monoisotopic (exact) mass is 285 g/mol. The molecule has 5 nitrogen and oxygen atoms in total. The van der Waals surface area contributed by atoms with Crippen LogP contribution in [0.5, 0.6) is 12.0 Å². The molecule has 0 amide bonds. The zero-order valence-electron chi connectivity index (χ0n) is 9.43. The Morgan fingerprint density at radius 3 is 2.33 bits per heavy atom. The summed E-state index contributed by atoms with van der Waals surface area (Å²) in [5.41, 5.74) is 0.940. The minimum atomic E-state index is 0.0213. The molecule has 0 saturated heterocycles. The first-order chi connectivity index (χ1) is 8.67. The van der Waals surface area contributed by atoms with Gasteiger partial charge in [-0.05, 0) is 29.3 Å². The molecule has 1 heterocycles. The molecule has 0 spiro atoms. The average molecular weight is 286 g/mol. The van der Waals surface area contributed by atoms with E-state index in [2.05, 4.69) is 15.0 Å². The van der Waals surface area contributed by atoms with E-state index in [0.717, 1.165) is 5.56 Å². The Morgan fingerprint density at radius 1 is 1.00 bits per heavy atom. The highest BCUT2D eigenvalue weighted by atomic mass is 35.5. The molecule has 0 aliphatic heterocycles. The Balaban J connectivity index is 2.05. The molecule has 7 heteroatoms. The van der Waals surface area contributed by atoms with Crippen molar-refractivity contribution in [2.24, 2.45) is 0 Å². The third kappa shape index (κ3) is 3.45. The zero-order valence-corrected chi connectivity index (χ0v) is 10.9. The summed E-state index contributed by atoms with van der Waals surface area (Å²) < 4.78 is 10.2. The second-order valence-electron chi connectivity index (χ2n) is 3.29. The van der Waals surface area contributed by atoms with E-state index < -0.39 is 0 Å². The summed E-state index contributed by atoms with van der Waals surface area (Å²) in [5.74, 6) is 0. The van der Waals surface area contributed by atoms with Crippen molar-refractivity contribution >= 4 is 23.2 Å². The summed E-state index contributed by atoms with van der Waals surface area (Å²) in [6, 6.07) is 7.48. The van der Waals surface area contributed by atoms with Crippen molar-refractivity contribution in [2.45, 2.75) is 6.61 Å². The largest absolute Gasteiger partial charge is 0.467 e. The predicted octanol–water partition coefficient (Wildman–Crippen LogP) is 2.77. The zero-order chi connectivity index (χ0) is 13.0. The Bertz CT molecular complexity index is 534. The topological polar surface area (TPSA) is 57.1 Å². The summed E-state index contributed by atoms with van der Waals surface area (Å²) in [7, 11) is 1.44. The molecule has 2 rings (SSSR count). The van der Waals surface area contributed by atoms with Crippen molar-refractivity contribution in [1.29, 1.82) is 0 Å². The number of aromatic nitrogens is 3. The van der Waals surface area contributed by atoms with Gasteiger partial charge in [0.05, 0.1) is 7.11 Å². The summed E-state index contributed by atoms with van der Waals surface area (Å²) in [6.07, 6.45) is 0. The van der Waals surface area contributed by atoms with E-state index in [0.29, 0.717) is 11.6 Å². The average Bonchev–Trinajstić information content (AvgIpc) is 2.37. The van der Waals surface area contributed by atoms with Gasteiger partial charge < -0.3 is 9.47 Å². The van der Waals surface area contributed by atoms with Crippen LogP contribution in [0.25, 0.3) is 0 Å². The van der Waals surface area contributed by atoms with Gasteiger partial charge in [-0.25, -0.2) is 0 Å². The third-order valence-corrected chi connectivity index (χ3v) is 2.45. The van der Waals surface area contributed by atoms with Crippen LogP contribution in [0.3, 0.4) is 0 Å². The number of rotatable bonds is 4. The van der Waals surface area contributed by atoms with Gasteiger partial charge in [-0.2, -0.15) is 9.97 Å². The van der Waals surface area contributed by atoms with Crippen LogP contribution in [0.1, 0.15) is 5.56 Å². The fourth-order valence-corrected chi connectivity index (χ4v) is 1.47. The molecule has 94 valence electrons. The van der Waals surface area contributed by atoms with Crippen LogP contribution in [0.4, 0.5) is 0 Å². The van der Waals surface area contributed by atoms with Crippen molar-refractivity contribution in [1.82, 2.24) is 15.0 Å². The third-order valence-electron chi connectivity index (χ3n) is 2.03. The lowest BCUT2D eigenvalue weighted by molar-refractivity contribution is 0.270. The molecular weight excluding hydrogens is 277 g/mol. The molecule has 0 unspecified atom stereocenters. The molecule has 1 aromatic carbocycles. The SMILES string of the molecule is COc1nc(Cl)nc(OCc2ccc(Cl)cc2)n1. The van der Waals surface area contributed by atoms with Crippen LogP contribution in [0.2, 0.25) is 10.3 Å². The molecule has 0 fully saturated rings. The van der Waals surface area contributed by atoms with Gasteiger partial charge >= 0.3 is 12.0 Å². The first-order valence-electron chi connectivity index (χ1n) is 5.00. The number of hydrogen-bond acceptors (Lipinski definition) is 5. The van der Waals surface area contributed by atoms with Gasteiger partial charge in [0.15, 0.2) is 0 Å². The fourth-order valence-electron chi connectivity index (χ4n) is 1.20. The lowest BCUT2D eigenvalue weighted by Gasteiger charge is -2.05. The molecule has 0 aliphatic carbocycles. The highest BCUT2D eigenvalue weighted by Gasteiger charge is 2.06. The molecule has 1 aromatic heterocycles. The highest BCUT2D eigenvalue weighted by molar-refractivity contribution is 6.30. The van der Waals surface area contributed by atoms with E-state index in [1.165, 1.54) is 7.11 Å². The van der Waals surface area contributed by atoms with Crippen LogP contribution < -0.4 is 9.47 Å². The van der Waals surface area contributed by atoms with Gasteiger partial charge in [0.2, 0.25) is 5.28 Å². The number of nitrogens with zero attached hydrogens (tertiary/aromatic N) is 3. The summed E-state index contributed by atoms with van der Waals surface area (Å²) in [6.45, 7) is 0.306. The molecular formula is C11H9Cl2N3O2. The van der Waals surface area contributed by atoms with Crippen LogP contribution in [-0.2, 0) is 6.61 Å². The molecule has 0 saturated carbocycles. The Kier molecular flexibility index (Phi) is 4.17. The molecule has 0 atom stereocenters. The van der Waals surface area contributed by atoms with Gasteiger partial charge in [-0.3, -0.25) is 0 Å². The van der Waals surface area contributed by atoms with Crippen molar-refractivity contribution in [3.05, 3.63) is 40.1 Å². The predicted molar refractivity (Wildman–Crippen MR) is 67.2 cm³/mol. The minimum absolute atomic E-state index is 0.0213. The first-order valence-corrected chi connectivity index (χ1v) is 5.76. The number of ether oxygens (including phenoxy) is 2. The maximum atomic E-state index is 5.78. The van der Waals surface area contributed by atoms with Crippen LogP contribution in [0.15, 0.2) is 24.3 Å². The van der Waals surface area contributed by atoms with Crippen LogP contribution in [0, 0.1) is 0 Å². The summed E-state index contributed by atoms with van der Waals surface area (Å²) in [4.78, 5) is 11.5. The van der Waals surface area contributed by atoms with Gasteiger partial charge in [0, 0.05) is 5.02 Å². The molecule has 2 aromatic rings. The summed E-state index contributed by atoms with van der Waals surface area (Å²) in [5, 5.41) is 0.691. The van der Waals surface area contributed by atoms with E-state index in [-0.39, 0.29) is 17.3 Å². The quantitative estimate of drug-likeness (QED) is 0.865. The van der Waals surface area contributed by atoms with E-state index >= 15 is 0 Å². The van der Waals surface area contributed by atoms with E-state index in [9.17, 15) is 0 Å². The number of halogens is 2. The molecule has 0 aliphatic rings. The minimum Gasteiger partial charge on any atom is -0.467 e. The van der Waals surface area contributed by atoms with E-state index in [4.69, 9.17) is 32.7 Å². The second kappa shape index (κ2) is 5.84. The standard InChI is InChI=1S/C11H9Cl2N3O2/c1-17-10-14-9(13)15-11(16-10)18-6-7-2-4-8(12)5-3-7/h2-5H,6H2,1H3. The molecule has 0 bridgehead atoms. The van der Waals surface area contributed by atoms with Crippen LogP contribution >= 0.6 is 23.2 Å². The normalized spacial score (nSPS) is 10.2. The van der Waals surface area contributed by atoms with E-state index in [1.54, 1.807) is 12.1 Å². The highest BCUT2D eigenvalue weighted by Crippen LogP contribution is 2.15. The van der Waals surface area contributed by atoms with Crippen molar-refractivity contribution in [3.63, 3.8) is 0 Å². The van der Waals surface area contributed by atoms with E-state index in [1.807, 2.05) is 12.1 Å². The second-order valence-corrected chi connectivity index (χ2v) is 4.06. The van der Waals surface area contributed by atoms with Gasteiger partial charge in [-0.15, -0.1) is 4.98 Å². The maximum Gasteiger partial charge on any atom is 0.324 e. The summed E-state index contributed by atoms with van der Waals surface area (Å²) >= 11 is 11.5. The number of methoxy groups -OCH3 is 1. The van der Waals surface area contributed by atoms with Crippen LogP contribution in [-0.4, -0.2) is 22.1 Å². The Labute approximate surface area is 114 Å². The number of hydrogen-bond donors (Lipinski definition) is 0. The molecule has 0 radical (unpaired) electrons. The Morgan fingerprint density at radius 2 is 1.67 bits per heavy atom. The smallest absolute Gasteiger partial charge is 0.324 e. The van der Waals surface area contributed by atoms with Crippen molar-refractivity contribution in [2.75, 3.05) is 7.11 Å². The molecule has 0 N–H and O–H groups in total. The molecule has 18 heavy (non-hydrogen) atoms. The first kappa shape index (κ1) is 12.9. The van der Waals surface area contributed by atoms with Gasteiger partial charge in [0.1, 0.15) is 6.61 Å². The fraction of sp³-hybridized carbons (Fsp3) is 0.182. The maximum absolute atomic E-state index is 5.78. The van der Waals surface area contributed by atoms with Crippen molar-refractivity contribution < 1.29 is 9.47 Å². The van der Waals surface area contributed by atoms with Gasteiger partial charge in [0.25, 0.3) is 0 Å². The lowest BCUT2D eigenvalue weighted by atomic mass is 10.2. The van der Waals surface area contributed by atoms with Gasteiger partial charge in [-0.1, -0.05) is 23.7 Å². The number of benzene rings is 1. The lowest BCUT2D eigenvalue weighted by Crippen LogP contribution is -2.02. The Hall–Kier alpha value is -1.59. The van der Waals surface area contributed by atoms with Crippen molar-refractivity contribution in [3.8, 4) is 12.0 Å².